The number of hydrogen-bond donors (Lipinski definition) is 3. The fourth-order valence-electron chi connectivity index (χ4n) is 1.83. The molecule has 5 heteroatoms. The molecule has 4 N–H and O–H groups in total. The molecule has 1 rings (SSSR count). The van der Waals surface area contributed by atoms with Crippen molar-refractivity contribution >= 4 is 5.84 Å². The first-order chi connectivity index (χ1) is 8.56. The van der Waals surface area contributed by atoms with Gasteiger partial charge < -0.3 is 21.0 Å². The summed E-state index contributed by atoms with van der Waals surface area (Å²) in [5.74, 6) is 1.08. The average Bonchev–Trinajstić information content (AvgIpc) is 2.38. The molecule has 0 heterocycles. The Kier molecular flexibility index (Phi) is 5.45. The van der Waals surface area contributed by atoms with Crippen molar-refractivity contribution in [2.45, 2.75) is 32.4 Å². The molecule has 2 atom stereocenters. The number of hydrogen-bond acceptors (Lipinski definition) is 4. The van der Waals surface area contributed by atoms with Crippen LogP contribution in [-0.4, -0.2) is 24.2 Å². The molecular weight excluding hydrogens is 230 g/mol. The molecule has 1 aromatic carbocycles. The molecule has 0 aliphatic heterocycles. The van der Waals surface area contributed by atoms with Crippen molar-refractivity contribution in [2.24, 2.45) is 10.9 Å². The topological polar surface area (TPSA) is 79.9 Å². The standard InChI is InChI=1S/C13H21N3O2/c1-9(8-13(14)16-17)15-10(2)11-4-6-12(18-3)7-5-11/h4-7,9-10,15,17H,8H2,1-3H3,(H2,14,16)/t9?,10-/m0/s1. The van der Waals surface area contributed by atoms with Gasteiger partial charge in [-0.25, -0.2) is 0 Å². The minimum atomic E-state index is 0.137. The van der Waals surface area contributed by atoms with Crippen molar-refractivity contribution in [3.63, 3.8) is 0 Å². The van der Waals surface area contributed by atoms with Crippen molar-refractivity contribution in [3.8, 4) is 5.75 Å². The van der Waals surface area contributed by atoms with E-state index in [1.54, 1.807) is 7.11 Å². The third kappa shape index (κ3) is 4.25. The van der Waals surface area contributed by atoms with E-state index in [4.69, 9.17) is 15.7 Å². The minimum absolute atomic E-state index is 0.137. The Hall–Kier alpha value is -1.75. The lowest BCUT2D eigenvalue weighted by molar-refractivity contribution is 0.315. The molecule has 100 valence electrons. The normalized spacial score (nSPS) is 15.2. The predicted octanol–water partition coefficient (Wildman–Crippen LogP) is 1.87. The molecule has 0 saturated carbocycles. The number of oxime groups is 1. The number of ether oxygens (including phenoxy) is 1. The van der Waals surface area contributed by atoms with E-state index in [0.717, 1.165) is 5.75 Å². The van der Waals surface area contributed by atoms with Gasteiger partial charge in [0.1, 0.15) is 11.6 Å². The molecule has 1 aromatic rings. The van der Waals surface area contributed by atoms with Crippen molar-refractivity contribution in [1.29, 1.82) is 0 Å². The zero-order valence-electron chi connectivity index (χ0n) is 11.1. The number of benzene rings is 1. The summed E-state index contributed by atoms with van der Waals surface area (Å²) in [6.07, 6.45) is 0.511. The molecule has 0 fully saturated rings. The highest BCUT2D eigenvalue weighted by atomic mass is 16.5. The number of nitrogens with zero attached hydrogens (tertiary/aromatic N) is 1. The Morgan fingerprint density at radius 3 is 2.50 bits per heavy atom. The lowest BCUT2D eigenvalue weighted by Crippen LogP contribution is -2.33. The van der Waals surface area contributed by atoms with Crippen molar-refractivity contribution in [3.05, 3.63) is 29.8 Å². The van der Waals surface area contributed by atoms with Crippen molar-refractivity contribution in [2.75, 3.05) is 7.11 Å². The fraction of sp³-hybridized carbons (Fsp3) is 0.462. The zero-order valence-corrected chi connectivity index (χ0v) is 11.1. The second kappa shape index (κ2) is 6.86. The average molecular weight is 251 g/mol. The first-order valence-electron chi connectivity index (χ1n) is 5.93. The van der Waals surface area contributed by atoms with Crippen molar-refractivity contribution in [1.82, 2.24) is 5.32 Å². The Labute approximate surface area is 108 Å². The summed E-state index contributed by atoms with van der Waals surface area (Å²) in [5, 5.41) is 14.9. The predicted molar refractivity (Wildman–Crippen MR) is 72.0 cm³/mol. The van der Waals surface area contributed by atoms with Gasteiger partial charge in [0.15, 0.2) is 0 Å². The molecule has 0 amide bonds. The summed E-state index contributed by atoms with van der Waals surface area (Å²) in [6.45, 7) is 4.07. The Balaban J connectivity index is 2.55. The molecule has 0 aliphatic rings. The molecule has 0 aliphatic carbocycles. The van der Waals surface area contributed by atoms with E-state index in [1.807, 2.05) is 31.2 Å². The van der Waals surface area contributed by atoms with Crippen LogP contribution in [0.1, 0.15) is 31.9 Å². The van der Waals surface area contributed by atoms with Gasteiger partial charge in [-0.15, -0.1) is 0 Å². The van der Waals surface area contributed by atoms with Gasteiger partial charge in [0, 0.05) is 18.5 Å². The molecule has 0 saturated heterocycles. The summed E-state index contributed by atoms with van der Waals surface area (Å²) in [7, 11) is 1.65. The molecule has 18 heavy (non-hydrogen) atoms. The molecule has 5 nitrogen and oxygen atoms in total. The monoisotopic (exact) mass is 251 g/mol. The number of nitrogens with two attached hydrogens (primary N) is 1. The van der Waals surface area contributed by atoms with E-state index in [1.165, 1.54) is 5.56 Å². The maximum absolute atomic E-state index is 8.51. The fourth-order valence-corrected chi connectivity index (χ4v) is 1.83. The molecular formula is C13H21N3O2. The maximum Gasteiger partial charge on any atom is 0.140 e. The SMILES string of the molecule is COc1ccc([C@H](C)NC(C)C/C(N)=N/O)cc1. The van der Waals surface area contributed by atoms with Gasteiger partial charge in [0.2, 0.25) is 0 Å². The van der Waals surface area contributed by atoms with Crippen LogP contribution in [0, 0.1) is 0 Å². The van der Waals surface area contributed by atoms with Gasteiger partial charge in [-0.05, 0) is 31.5 Å². The van der Waals surface area contributed by atoms with E-state index in [9.17, 15) is 0 Å². The van der Waals surface area contributed by atoms with E-state index in [0.29, 0.717) is 6.42 Å². The smallest absolute Gasteiger partial charge is 0.140 e. The first kappa shape index (κ1) is 14.3. The molecule has 0 spiro atoms. The lowest BCUT2D eigenvalue weighted by atomic mass is 10.1. The van der Waals surface area contributed by atoms with Gasteiger partial charge in [-0.2, -0.15) is 0 Å². The van der Waals surface area contributed by atoms with Crippen LogP contribution in [0.3, 0.4) is 0 Å². The van der Waals surface area contributed by atoms with Gasteiger partial charge in [-0.1, -0.05) is 17.3 Å². The Morgan fingerprint density at radius 1 is 1.39 bits per heavy atom. The zero-order chi connectivity index (χ0) is 13.5. The van der Waals surface area contributed by atoms with E-state index in [2.05, 4.69) is 17.4 Å². The third-order valence-corrected chi connectivity index (χ3v) is 2.79. The van der Waals surface area contributed by atoms with Crippen LogP contribution in [0.5, 0.6) is 5.75 Å². The van der Waals surface area contributed by atoms with E-state index in [-0.39, 0.29) is 17.9 Å². The van der Waals surface area contributed by atoms with Crippen molar-refractivity contribution < 1.29 is 9.94 Å². The highest BCUT2D eigenvalue weighted by Crippen LogP contribution is 2.17. The summed E-state index contributed by atoms with van der Waals surface area (Å²) < 4.78 is 5.12. The number of amidine groups is 1. The van der Waals surface area contributed by atoms with Gasteiger partial charge >= 0.3 is 0 Å². The van der Waals surface area contributed by atoms with Crippen LogP contribution >= 0.6 is 0 Å². The second-order valence-corrected chi connectivity index (χ2v) is 4.36. The summed E-state index contributed by atoms with van der Waals surface area (Å²) >= 11 is 0. The summed E-state index contributed by atoms with van der Waals surface area (Å²) in [5.41, 5.74) is 6.64. The maximum atomic E-state index is 8.51. The summed E-state index contributed by atoms with van der Waals surface area (Å²) in [6, 6.07) is 8.23. The Morgan fingerprint density at radius 2 is 2.00 bits per heavy atom. The van der Waals surface area contributed by atoms with Crippen LogP contribution in [0.2, 0.25) is 0 Å². The van der Waals surface area contributed by atoms with Crippen LogP contribution < -0.4 is 15.8 Å². The quantitative estimate of drug-likeness (QED) is 0.312. The van der Waals surface area contributed by atoms with E-state index >= 15 is 0 Å². The number of methoxy groups -OCH3 is 1. The van der Waals surface area contributed by atoms with Crippen LogP contribution in [0.4, 0.5) is 0 Å². The highest BCUT2D eigenvalue weighted by Gasteiger charge is 2.10. The molecule has 0 bridgehead atoms. The molecule has 0 radical (unpaired) electrons. The van der Waals surface area contributed by atoms with Crippen LogP contribution in [0.15, 0.2) is 29.4 Å². The van der Waals surface area contributed by atoms with Gasteiger partial charge in [0.05, 0.1) is 7.11 Å². The van der Waals surface area contributed by atoms with E-state index < -0.39 is 0 Å². The number of nitrogens with one attached hydrogen (secondary N) is 1. The van der Waals surface area contributed by atoms with Gasteiger partial charge in [-0.3, -0.25) is 0 Å². The lowest BCUT2D eigenvalue weighted by Gasteiger charge is -2.20. The summed E-state index contributed by atoms with van der Waals surface area (Å²) in [4.78, 5) is 0. The largest absolute Gasteiger partial charge is 0.497 e. The minimum Gasteiger partial charge on any atom is -0.497 e. The highest BCUT2D eigenvalue weighted by molar-refractivity contribution is 5.80. The molecule has 1 unspecified atom stereocenters. The van der Waals surface area contributed by atoms with Crippen LogP contribution in [-0.2, 0) is 0 Å². The molecule has 0 aromatic heterocycles. The first-order valence-corrected chi connectivity index (χ1v) is 5.93. The number of rotatable bonds is 6. The third-order valence-electron chi connectivity index (χ3n) is 2.79. The van der Waals surface area contributed by atoms with Crippen LogP contribution in [0.25, 0.3) is 0 Å². The second-order valence-electron chi connectivity index (χ2n) is 4.36. The van der Waals surface area contributed by atoms with Gasteiger partial charge in [0.25, 0.3) is 0 Å². The Bertz CT molecular complexity index is 390.